The number of hydrogen-bond donors (Lipinski definition) is 1. The first-order valence-electron chi connectivity index (χ1n) is 10.4. The zero-order valence-electron chi connectivity index (χ0n) is 18.0. The zero-order valence-corrected chi connectivity index (χ0v) is 19.6. The van der Waals surface area contributed by atoms with Crippen molar-refractivity contribution in [3.63, 3.8) is 0 Å². The maximum Gasteiger partial charge on any atom is 0.326 e. The molecule has 1 N–H and O–H groups in total. The molecule has 164 valence electrons. The molecule has 2 aromatic carbocycles. The van der Waals surface area contributed by atoms with Gasteiger partial charge in [0.05, 0.1) is 17.1 Å². The molecule has 4 rings (SSSR count). The Balaban J connectivity index is 1.91. The van der Waals surface area contributed by atoms with Crippen LogP contribution in [0.25, 0.3) is 21.8 Å². The highest BCUT2D eigenvalue weighted by Crippen LogP contribution is 2.25. The summed E-state index contributed by atoms with van der Waals surface area (Å²) in [5.41, 5.74) is 1.90. The topological polar surface area (TPSA) is 89.5 Å². The minimum absolute atomic E-state index is 0.0290. The van der Waals surface area contributed by atoms with Gasteiger partial charge in [-0.2, -0.15) is 9.78 Å². The van der Waals surface area contributed by atoms with E-state index in [1.165, 1.54) is 4.68 Å². The summed E-state index contributed by atoms with van der Waals surface area (Å²) in [6.07, 6.45) is 4.16. The number of nitrogens with zero attached hydrogens (tertiary/aromatic N) is 4. The molecule has 2 heterocycles. The molecule has 32 heavy (non-hydrogen) atoms. The number of fused-ring (bicyclic) bond motifs is 2. The minimum atomic E-state index is -0.922. The molecule has 0 aliphatic carbocycles. The van der Waals surface area contributed by atoms with Crippen LogP contribution in [-0.2, 0) is 4.79 Å². The van der Waals surface area contributed by atoms with Gasteiger partial charge in [-0.3, -0.25) is 4.79 Å². The second-order valence-corrected chi connectivity index (χ2v) is 8.74. The molecule has 7 nitrogen and oxygen atoms in total. The Morgan fingerprint density at radius 2 is 1.97 bits per heavy atom. The first-order valence-corrected chi connectivity index (χ1v) is 11.2. The first-order chi connectivity index (χ1) is 15.3. The highest BCUT2D eigenvalue weighted by atomic mass is 79.9. The summed E-state index contributed by atoms with van der Waals surface area (Å²) in [5, 5.41) is 15.4. The summed E-state index contributed by atoms with van der Waals surface area (Å²) in [4.78, 5) is 29.6. The Kier molecular flexibility index (Phi) is 5.97. The standard InChI is InChI=1S/C24H23BrN4O3/c1-4-14(2)22-27-20-10-9-17(25)11-19(20)23(30)29(22)26-12-16-13-28(15(3)24(31)32)21-8-6-5-7-18(16)21/h5-15H,4H2,1-3H3,(H,31,32)/t14-,15+/m0/s1. The van der Waals surface area contributed by atoms with Crippen LogP contribution in [0.1, 0.15) is 50.5 Å². The van der Waals surface area contributed by atoms with Crippen molar-refractivity contribution in [1.82, 2.24) is 14.2 Å². The molecule has 0 spiro atoms. The van der Waals surface area contributed by atoms with E-state index < -0.39 is 12.0 Å². The molecule has 0 saturated carbocycles. The van der Waals surface area contributed by atoms with Gasteiger partial charge in [0.25, 0.3) is 5.56 Å². The number of halogens is 1. The smallest absolute Gasteiger partial charge is 0.326 e. The van der Waals surface area contributed by atoms with Crippen molar-refractivity contribution in [2.75, 3.05) is 0 Å². The molecule has 8 heteroatoms. The Morgan fingerprint density at radius 1 is 1.22 bits per heavy atom. The Morgan fingerprint density at radius 3 is 2.69 bits per heavy atom. The second-order valence-electron chi connectivity index (χ2n) is 7.83. The van der Waals surface area contributed by atoms with Crippen LogP contribution in [0.5, 0.6) is 0 Å². The van der Waals surface area contributed by atoms with Gasteiger partial charge in [0, 0.05) is 33.1 Å². The van der Waals surface area contributed by atoms with E-state index in [0.29, 0.717) is 16.7 Å². The lowest BCUT2D eigenvalue weighted by atomic mass is 10.1. The summed E-state index contributed by atoms with van der Waals surface area (Å²) >= 11 is 3.42. The lowest BCUT2D eigenvalue weighted by Crippen LogP contribution is -2.23. The quantitative estimate of drug-likeness (QED) is 0.375. The van der Waals surface area contributed by atoms with Crippen molar-refractivity contribution in [2.45, 2.75) is 39.2 Å². The molecule has 2 aromatic heterocycles. The fraction of sp³-hybridized carbons (Fsp3) is 0.250. The van der Waals surface area contributed by atoms with Gasteiger partial charge in [0.1, 0.15) is 11.9 Å². The number of benzene rings is 2. The lowest BCUT2D eigenvalue weighted by Gasteiger charge is -2.13. The van der Waals surface area contributed by atoms with Crippen molar-refractivity contribution in [3.05, 3.63) is 74.9 Å². The third kappa shape index (κ3) is 3.86. The third-order valence-corrected chi connectivity index (χ3v) is 6.24. The number of rotatable bonds is 6. The van der Waals surface area contributed by atoms with E-state index in [2.05, 4.69) is 21.0 Å². The van der Waals surface area contributed by atoms with Gasteiger partial charge in [0.15, 0.2) is 0 Å². The van der Waals surface area contributed by atoms with Crippen LogP contribution in [0.3, 0.4) is 0 Å². The Hall–Kier alpha value is -3.26. The van der Waals surface area contributed by atoms with Crippen LogP contribution in [0.4, 0.5) is 0 Å². The molecule has 0 aliphatic rings. The van der Waals surface area contributed by atoms with Gasteiger partial charge in [0.2, 0.25) is 0 Å². The number of carbonyl (C=O) groups is 1. The Bertz CT molecular complexity index is 1420. The molecule has 4 aromatic rings. The number of hydrogen-bond acceptors (Lipinski definition) is 4. The van der Waals surface area contributed by atoms with Gasteiger partial charge in [-0.1, -0.05) is 48.0 Å². The SMILES string of the molecule is CC[C@H](C)c1nc2ccc(Br)cc2c(=O)n1N=Cc1cn([C@H](C)C(=O)O)c2ccccc12. The van der Waals surface area contributed by atoms with Gasteiger partial charge in [-0.25, -0.2) is 9.78 Å². The number of carboxylic acid groups (broad SMARTS) is 1. The number of carboxylic acids is 1. The lowest BCUT2D eigenvalue weighted by molar-refractivity contribution is -0.140. The monoisotopic (exact) mass is 494 g/mol. The molecule has 0 saturated heterocycles. The number of aliphatic carboxylic acids is 1. The molecular weight excluding hydrogens is 472 g/mol. The Labute approximate surface area is 193 Å². The average Bonchev–Trinajstić information content (AvgIpc) is 3.16. The fourth-order valence-electron chi connectivity index (χ4n) is 3.67. The van der Waals surface area contributed by atoms with Gasteiger partial charge >= 0.3 is 5.97 Å². The number of para-hydroxylation sites is 1. The van der Waals surface area contributed by atoms with Crippen molar-refractivity contribution < 1.29 is 9.90 Å². The first kappa shape index (κ1) is 22.0. The van der Waals surface area contributed by atoms with E-state index in [0.717, 1.165) is 27.4 Å². The van der Waals surface area contributed by atoms with Crippen molar-refractivity contribution >= 4 is 49.9 Å². The van der Waals surface area contributed by atoms with E-state index >= 15 is 0 Å². The molecule has 0 bridgehead atoms. The largest absolute Gasteiger partial charge is 0.480 e. The predicted octanol–water partition coefficient (Wildman–Crippen LogP) is 5.16. The zero-order chi connectivity index (χ0) is 23.0. The molecule has 0 fully saturated rings. The third-order valence-electron chi connectivity index (χ3n) is 5.74. The predicted molar refractivity (Wildman–Crippen MR) is 130 cm³/mol. The van der Waals surface area contributed by atoms with Crippen molar-refractivity contribution in [3.8, 4) is 0 Å². The summed E-state index contributed by atoms with van der Waals surface area (Å²) in [7, 11) is 0. The highest BCUT2D eigenvalue weighted by Gasteiger charge is 2.18. The average molecular weight is 495 g/mol. The van der Waals surface area contributed by atoms with E-state index in [4.69, 9.17) is 4.98 Å². The summed E-state index contributed by atoms with van der Waals surface area (Å²) in [6, 6.07) is 12.2. The maximum atomic E-state index is 13.3. The van der Waals surface area contributed by atoms with Crippen LogP contribution in [0.2, 0.25) is 0 Å². The summed E-state index contributed by atoms with van der Waals surface area (Å²) in [6.45, 7) is 5.68. The molecular formula is C24H23BrN4O3. The number of aromatic nitrogens is 3. The fourth-order valence-corrected chi connectivity index (χ4v) is 4.03. The van der Waals surface area contributed by atoms with E-state index in [1.54, 1.807) is 30.0 Å². The van der Waals surface area contributed by atoms with Crippen LogP contribution in [-0.4, -0.2) is 31.5 Å². The van der Waals surface area contributed by atoms with Gasteiger partial charge in [-0.15, -0.1) is 0 Å². The van der Waals surface area contributed by atoms with E-state index in [-0.39, 0.29) is 11.5 Å². The van der Waals surface area contributed by atoms with Crippen molar-refractivity contribution in [2.24, 2.45) is 5.10 Å². The molecule has 0 amide bonds. The normalized spacial score (nSPS) is 13.8. The van der Waals surface area contributed by atoms with Crippen LogP contribution in [0.15, 0.2) is 63.0 Å². The van der Waals surface area contributed by atoms with Crippen molar-refractivity contribution in [1.29, 1.82) is 0 Å². The molecule has 0 aliphatic heterocycles. The van der Waals surface area contributed by atoms with E-state index in [1.807, 2.05) is 50.2 Å². The van der Waals surface area contributed by atoms with Gasteiger partial charge in [-0.05, 0) is 37.6 Å². The van der Waals surface area contributed by atoms with Crippen LogP contribution in [0, 0.1) is 0 Å². The van der Waals surface area contributed by atoms with Crippen LogP contribution < -0.4 is 5.56 Å². The summed E-state index contributed by atoms with van der Waals surface area (Å²) in [5.74, 6) is -0.304. The van der Waals surface area contributed by atoms with Gasteiger partial charge < -0.3 is 9.67 Å². The highest BCUT2D eigenvalue weighted by molar-refractivity contribution is 9.10. The second kappa shape index (κ2) is 8.70. The molecule has 2 atom stereocenters. The maximum absolute atomic E-state index is 13.3. The van der Waals surface area contributed by atoms with Crippen LogP contribution >= 0.6 is 15.9 Å². The molecule has 0 radical (unpaired) electrons. The minimum Gasteiger partial charge on any atom is -0.480 e. The molecule has 0 unspecified atom stereocenters. The summed E-state index contributed by atoms with van der Waals surface area (Å²) < 4.78 is 3.85. The van der Waals surface area contributed by atoms with E-state index in [9.17, 15) is 14.7 Å².